The Balaban J connectivity index is 2.94. The van der Waals surface area contributed by atoms with Gasteiger partial charge in [-0.2, -0.15) is 10.1 Å². The van der Waals surface area contributed by atoms with Gasteiger partial charge in [0.15, 0.2) is 0 Å². The van der Waals surface area contributed by atoms with Gasteiger partial charge in [-0.25, -0.2) is 0 Å². The van der Waals surface area contributed by atoms with Gasteiger partial charge in [0.05, 0.1) is 6.20 Å². The summed E-state index contributed by atoms with van der Waals surface area (Å²) in [6.45, 7) is 0. The topological polar surface area (TPSA) is 58.9 Å². The number of aromatic hydroxyl groups is 1. The van der Waals surface area contributed by atoms with E-state index in [1.807, 2.05) is 0 Å². The summed E-state index contributed by atoms with van der Waals surface area (Å²) >= 11 is 1.16. The Morgan fingerprint density at radius 2 is 2.44 bits per heavy atom. The first-order valence-corrected chi connectivity index (χ1v) is 3.12. The first kappa shape index (κ1) is 6.28. The average Bonchev–Trinajstić information content (AvgIpc) is 1.88. The molecule has 4 nitrogen and oxygen atoms in total. The first-order chi connectivity index (χ1) is 4.33. The van der Waals surface area contributed by atoms with Gasteiger partial charge in [-0.05, 0) is 0 Å². The van der Waals surface area contributed by atoms with Crippen molar-refractivity contribution in [1.82, 2.24) is 15.2 Å². The van der Waals surface area contributed by atoms with E-state index in [4.69, 9.17) is 5.11 Å². The zero-order chi connectivity index (χ0) is 6.69. The summed E-state index contributed by atoms with van der Waals surface area (Å²) in [7, 11) is 0. The number of nitrogens with zero attached hydrogens (tertiary/aromatic N) is 3. The number of aromatic nitrogens is 3. The van der Waals surface area contributed by atoms with Crippen molar-refractivity contribution in [2.45, 2.75) is 5.03 Å². The molecule has 0 saturated heterocycles. The molecule has 47 valence electrons. The molecule has 1 rings (SSSR count). The third kappa shape index (κ3) is 1.53. The predicted octanol–water partition coefficient (Wildman–Crippen LogP) is 0.461. The standard InChI is InChI=1S/C4H4N3OS/c1-9-3-2-5-7-4(8)6-3/h2H,1H2,(H,6,7,8). The van der Waals surface area contributed by atoms with Gasteiger partial charge in [-0.3, -0.25) is 0 Å². The number of rotatable bonds is 1. The van der Waals surface area contributed by atoms with Crippen molar-refractivity contribution in [3.05, 3.63) is 12.5 Å². The maximum atomic E-state index is 8.62. The van der Waals surface area contributed by atoms with Gasteiger partial charge in [-0.1, -0.05) is 5.10 Å². The molecule has 0 aliphatic heterocycles. The Kier molecular flexibility index (Phi) is 1.84. The van der Waals surface area contributed by atoms with E-state index in [-0.39, 0.29) is 6.01 Å². The van der Waals surface area contributed by atoms with Gasteiger partial charge in [0.2, 0.25) is 0 Å². The van der Waals surface area contributed by atoms with Crippen LogP contribution in [0, 0.1) is 6.26 Å². The molecule has 0 amide bonds. The van der Waals surface area contributed by atoms with E-state index in [1.54, 1.807) is 0 Å². The predicted molar refractivity (Wildman–Crippen MR) is 32.7 cm³/mol. The van der Waals surface area contributed by atoms with Crippen LogP contribution in [0.2, 0.25) is 0 Å². The van der Waals surface area contributed by atoms with Gasteiger partial charge >= 0.3 is 6.01 Å². The second-order valence-corrected chi connectivity index (χ2v) is 1.95. The van der Waals surface area contributed by atoms with Crippen molar-refractivity contribution in [2.24, 2.45) is 0 Å². The van der Waals surface area contributed by atoms with E-state index in [9.17, 15) is 0 Å². The molecular formula is C4H4N3OS. The van der Waals surface area contributed by atoms with Crippen LogP contribution in [0.5, 0.6) is 6.01 Å². The van der Waals surface area contributed by atoms with Crippen LogP contribution in [-0.4, -0.2) is 20.3 Å². The molecule has 1 radical (unpaired) electrons. The minimum Gasteiger partial charge on any atom is -0.478 e. The van der Waals surface area contributed by atoms with Crippen molar-refractivity contribution in [2.75, 3.05) is 0 Å². The van der Waals surface area contributed by atoms with Gasteiger partial charge in [0.1, 0.15) is 5.03 Å². The molecule has 5 heteroatoms. The van der Waals surface area contributed by atoms with Crippen LogP contribution in [0.15, 0.2) is 11.2 Å². The molecule has 0 saturated carbocycles. The van der Waals surface area contributed by atoms with Crippen LogP contribution in [0.3, 0.4) is 0 Å². The summed E-state index contributed by atoms with van der Waals surface area (Å²) in [5, 5.41) is 15.8. The van der Waals surface area contributed by atoms with Crippen molar-refractivity contribution in [3.8, 4) is 6.01 Å². The summed E-state index contributed by atoms with van der Waals surface area (Å²) in [4.78, 5) is 3.57. The minimum absolute atomic E-state index is 0.316. The maximum Gasteiger partial charge on any atom is 0.334 e. The van der Waals surface area contributed by atoms with Crippen LogP contribution in [0.25, 0.3) is 0 Å². The lowest BCUT2D eigenvalue weighted by molar-refractivity contribution is 0.415. The fourth-order valence-electron chi connectivity index (χ4n) is 0.349. The lowest BCUT2D eigenvalue weighted by Crippen LogP contribution is -1.85. The number of hydrogen-bond acceptors (Lipinski definition) is 5. The summed E-state index contributed by atoms with van der Waals surface area (Å²) < 4.78 is 0. The van der Waals surface area contributed by atoms with Crippen LogP contribution in [-0.2, 0) is 0 Å². The highest BCUT2D eigenvalue weighted by atomic mass is 32.2. The number of thioether (sulfide) groups is 1. The Labute approximate surface area is 56.3 Å². The molecule has 0 bridgehead atoms. The van der Waals surface area contributed by atoms with Crippen molar-refractivity contribution < 1.29 is 5.11 Å². The van der Waals surface area contributed by atoms with E-state index in [0.29, 0.717) is 5.03 Å². The van der Waals surface area contributed by atoms with E-state index >= 15 is 0 Å². The molecule has 0 aliphatic carbocycles. The molecule has 1 heterocycles. The molecule has 1 N–H and O–H groups in total. The summed E-state index contributed by atoms with van der Waals surface area (Å²) in [6, 6.07) is -0.316. The van der Waals surface area contributed by atoms with E-state index in [1.165, 1.54) is 6.20 Å². The summed E-state index contributed by atoms with van der Waals surface area (Å²) in [5.41, 5.74) is 0. The van der Waals surface area contributed by atoms with E-state index < -0.39 is 0 Å². The van der Waals surface area contributed by atoms with Gasteiger partial charge < -0.3 is 5.11 Å². The van der Waals surface area contributed by atoms with Gasteiger partial charge in [0.25, 0.3) is 0 Å². The molecule has 9 heavy (non-hydrogen) atoms. The molecule has 1 aromatic rings. The second-order valence-electron chi connectivity index (χ2n) is 1.24. The Morgan fingerprint density at radius 1 is 1.67 bits per heavy atom. The van der Waals surface area contributed by atoms with E-state index in [2.05, 4.69) is 21.4 Å². The maximum absolute atomic E-state index is 8.62. The van der Waals surface area contributed by atoms with Crippen molar-refractivity contribution >= 4 is 11.8 Å². The fraction of sp³-hybridized carbons (Fsp3) is 0. The largest absolute Gasteiger partial charge is 0.478 e. The second kappa shape index (κ2) is 2.63. The molecule has 1 aromatic heterocycles. The Morgan fingerprint density at radius 3 is 2.89 bits per heavy atom. The molecule has 0 fully saturated rings. The SMILES string of the molecule is [CH2]Sc1cnnc(O)n1. The Hall–Kier alpha value is -0.840. The molecule has 0 aromatic carbocycles. The van der Waals surface area contributed by atoms with Crippen LogP contribution < -0.4 is 0 Å². The fourth-order valence-corrected chi connectivity index (χ4v) is 0.617. The highest BCUT2D eigenvalue weighted by Crippen LogP contribution is 2.11. The minimum atomic E-state index is -0.316. The summed E-state index contributed by atoms with van der Waals surface area (Å²) in [6.07, 6.45) is 4.90. The molecule has 0 spiro atoms. The highest BCUT2D eigenvalue weighted by Gasteiger charge is 1.93. The molecule has 0 unspecified atom stereocenters. The number of hydrogen-bond donors (Lipinski definition) is 1. The van der Waals surface area contributed by atoms with Crippen LogP contribution >= 0.6 is 11.8 Å². The summed E-state index contributed by atoms with van der Waals surface area (Å²) in [5.74, 6) is 0. The van der Waals surface area contributed by atoms with Gasteiger partial charge in [-0.15, -0.1) is 11.8 Å². The molecular weight excluding hydrogens is 138 g/mol. The zero-order valence-electron chi connectivity index (χ0n) is 4.48. The van der Waals surface area contributed by atoms with E-state index in [0.717, 1.165) is 11.8 Å². The quantitative estimate of drug-likeness (QED) is 0.577. The van der Waals surface area contributed by atoms with Gasteiger partial charge in [0, 0.05) is 6.26 Å². The monoisotopic (exact) mass is 142 g/mol. The van der Waals surface area contributed by atoms with Crippen molar-refractivity contribution in [1.29, 1.82) is 0 Å². The third-order valence-electron chi connectivity index (χ3n) is 0.673. The normalized spacial score (nSPS) is 9.44. The van der Waals surface area contributed by atoms with Crippen LogP contribution in [0.4, 0.5) is 0 Å². The van der Waals surface area contributed by atoms with Crippen LogP contribution in [0.1, 0.15) is 0 Å². The smallest absolute Gasteiger partial charge is 0.334 e. The lowest BCUT2D eigenvalue weighted by Gasteiger charge is -1.90. The lowest BCUT2D eigenvalue weighted by atomic mass is 10.9. The van der Waals surface area contributed by atoms with Crippen molar-refractivity contribution in [3.63, 3.8) is 0 Å². The molecule has 0 atom stereocenters. The zero-order valence-corrected chi connectivity index (χ0v) is 5.30. The third-order valence-corrected chi connectivity index (χ3v) is 1.17. The highest BCUT2D eigenvalue weighted by molar-refractivity contribution is 8.00. The Bertz CT molecular complexity index is 205. The molecule has 0 aliphatic rings. The first-order valence-electron chi connectivity index (χ1n) is 2.13. The average molecular weight is 142 g/mol.